The number of methoxy groups -OCH3 is 2. The highest BCUT2D eigenvalue weighted by Crippen LogP contribution is 2.40. The maximum atomic E-state index is 11.1. The summed E-state index contributed by atoms with van der Waals surface area (Å²) in [5, 5.41) is 20.0. The fourth-order valence-electron chi connectivity index (χ4n) is 3.27. The fraction of sp³-hybridized carbons (Fsp3) is 0.368. The average molecular weight is 355 g/mol. The van der Waals surface area contributed by atoms with E-state index in [0.29, 0.717) is 17.1 Å². The van der Waals surface area contributed by atoms with Crippen molar-refractivity contribution in [3.05, 3.63) is 62.7 Å². The van der Waals surface area contributed by atoms with Crippen LogP contribution in [0.1, 0.15) is 35.2 Å². The number of azo groups is 1. The van der Waals surface area contributed by atoms with Crippen LogP contribution < -0.4 is 9.47 Å². The number of rotatable bonds is 4. The lowest BCUT2D eigenvalue weighted by molar-refractivity contribution is -0.385. The fourth-order valence-corrected chi connectivity index (χ4v) is 3.27. The molecule has 1 aliphatic heterocycles. The minimum atomic E-state index is -0.377. The van der Waals surface area contributed by atoms with Crippen molar-refractivity contribution < 1.29 is 14.4 Å². The zero-order valence-corrected chi connectivity index (χ0v) is 15.2. The Bertz CT molecular complexity index is 879. The molecule has 0 aromatic heterocycles. The Balaban J connectivity index is 2.15. The summed E-state index contributed by atoms with van der Waals surface area (Å²) in [6.45, 7) is 3.74. The van der Waals surface area contributed by atoms with Crippen molar-refractivity contribution >= 4 is 5.69 Å². The Morgan fingerprint density at radius 3 is 2.42 bits per heavy atom. The third-order valence-electron chi connectivity index (χ3n) is 4.57. The molecule has 2 aromatic carbocycles. The van der Waals surface area contributed by atoms with E-state index in [1.165, 1.54) is 6.07 Å². The van der Waals surface area contributed by atoms with Crippen molar-refractivity contribution in [3.8, 4) is 11.5 Å². The summed E-state index contributed by atoms with van der Waals surface area (Å²) in [4.78, 5) is 10.7. The SMILES string of the molecule is COc1cc2c(cc1OC)C(c1ccc([N+](=O)[O-])c(C)c1)N=N[C@H](C)C2. The normalized spacial score (nSPS) is 18.8. The first-order valence-corrected chi connectivity index (χ1v) is 8.34. The topological polar surface area (TPSA) is 86.3 Å². The van der Waals surface area contributed by atoms with E-state index >= 15 is 0 Å². The largest absolute Gasteiger partial charge is 0.493 e. The van der Waals surface area contributed by atoms with Crippen LogP contribution in [0.25, 0.3) is 0 Å². The molecule has 0 saturated carbocycles. The first-order chi connectivity index (χ1) is 12.4. The summed E-state index contributed by atoms with van der Waals surface area (Å²) in [6.07, 6.45) is 0.738. The number of nitro groups is 1. The molecule has 2 atom stereocenters. The minimum absolute atomic E-state index is 0.0380. The van der Waals surface area contributed by atoms with Crippen molar-refractivity contribution in [2.75, 3.05) is 14.2 Å². The van der Waals surface area contributed by atoms with Gasteiger partial charge in [0.15, 0.2) is 11.5 Å². The zero-order chi connectivity index (χ0) is 18.8. The smallest absolute Gasteiger partial charge is 0.272 e. The Labute approximate surface area is 151 Å². The van der Waals surface area contributed by atoms with Gasteiger partial charge in [-0.25, -0.2) is 0 Å². The van der Waals surface area contributed by atoms with Gasteiger partial charge in [0.2, 0.25) is 0 Å². The quantitative estimate of drug-likeness (QED) is 0.600. The van der Waals surface area contributed by atoms with Gasteiger partial charge in [0, 0.05) is 11.6 Å². The van der Waals surface area contributed by atoms with Gasteiger partial charge in [0.25, 0.3) is 5.69 Å². The Kier molecular flexibility index (Phi) is 4.88. The van der Waals surface area contributed by atoms with Crippen molar-refractivity contribution in [3.63, 3.8) is 0 Å². The van der Waals surface area contributed by atoms with Gasteiger partial charge in [-0.15, -0.1) is 0 Å². The Morgan fingerprint density at radius 2 is 1.81 bits per heavy atom. The summed E-state index contributed by atoms with van der Waals surface area (Å²) < 4.78 is 10.9. The van der Waals surface area contributed by atoms with Gasteiger partial charge in [0.05, 0.1) is 25.2 Å². The number of hydrogen-bond donors (Lipinski definition) is 0. The lowest BCUT2D eigenvalue weighted by atomic mass is 9.91. The van der Waals surface area contributed by atoms with Crippen molar-refractivity contribution in [2.24, 2.45) is 10.2 Å². The van der Waals surface area contributed by atoms with Gasteiger partial charge in [0.1, 0.15) is 6.04 Å². The molecule has 0 aliphatic carbocycles. The number of fused-ring (bicyclic) bond motifs is 1. The van der Waals surface area contributed by atoms with E-state index in [0.717, 1.165) is 23.1 Å². The predicted molar refractivity (Wildman–Crippen MR) is 97.2 cm³/mol. The molecule has 1 aliphatic rings. The molecule has 26 heavy (non-hydrogen) atoms. The molecule has 0 saturated heterocycles. The van der Waals surface area contributed by atoms with E-state index in [-0.39, 0.29) is 22.7 Å². The molecule has 3 rings (SSSR count). The first kappa shape index (κ1) is 17.8. The van der Waals surface area contributed by atoms with Gasteiger partial charge in [-0.2, -0.15) is 10.2 Å². The van der Waals surface area contributed by atoms with E-state index in [1.54, 1.807) is 33.3 Å². The monoisotopic (exact) mass is 355 g/mol. The Morgan fingerprint density at radius 1 is 1.12 bits per heavy atom. The molecule has 1 unspecified atom stereocenters. The summed E-state index contributed by atoms with van der Waals surface area (Å²) in [5.41, 5.74) is 3.62. The molecule has 0 fully saturated rings. The van der Waals surface area contributed by atoms with Gasteiger partial charge < -0.3 is 9.47 Å². The second-order valence-corrected chi connectivity index (χ2v) is 6.40. The molecule has 2 aromatic rings. The molecule has 7 heteroatoms. The molecule has 0 amide bonds. The van der Waals surface area contributed by atoms with E-state index in [9.17, 15) is 10.1 Å². The van der Waals surface area contributed by atoms with Crippen molar-refractivity contribution in [1.29, 1.82) is 0 Å². The van der Waals surface area contributed by atoms with E-state index in [2.05, 4.69) is 10.2 Å². The van der Waals surface area contributed by atoms with Gasteiger partial charge in [-0.1, -0.05) is 0 Å². The number of aryl methyl sites for hydroxylation is 1. The Hall–Kier alpha value is -2.96. The summed E-state index contributed by atoms with van der Waals surface area (Å²) in [7, 11) is 3.20. The van der Waals surface area contributed by atoms with Gasteiger partial charge in [-0.3, -0.25) is 10.1 Å². The third-order valence-corrected chi connectivity index (χ3v) is 4.57. The summed E-state index contributed by atoms with van der Waals surface area (Å²) in [6, 6.07) is 8.66. The molecule has 0 N–H and O–H groups in total. The first-order valence-electron chi connectivity index (χ1n) is 8.34. The molecule has 0 bridgehead atoms. The second-order valence-electron chi connectivity index (χ2n) is 6.40. The summed E-state index contributed by atoms with van der Waals surface area (Å²) >= 11 is 0. The van der Waals surface area contributed by atoms with E-state index < -0.39 is 0 Å². The van der Waals surface area contributed by atoms with Crippen molar-refractivity contribution in [2.45, 2.75) is 32.4 Å². The summed E-state index contributed by atoms with van der Waals surface area (Å²) in [5.74, 6) is 1.29. The van der Waals surface area contributed by atoms with Crippen LogP contribution >= 0.6 is 0 Å². The highest BCUT2D eigenvalue weighted by atomic mass is 16.6. The van der Waals surface area contributed by atoms with Crippen LogP contribution in [0.4, 0.5) is 5.69 Å². The van der Waals surface area contributed by atoms with Crippen LogP contribution in [0.3, 0.4) is 0 Å². The molecule has 7 nitrogen and oxygen atoms in total. The van der Waals surface area contributed by atoms with Gasteiger partial charge >= 0.3 is 0 Å². The van der Waals surface area contributed by atoms with E-state index in [1.807, 2.05) is 19.1 Å². The number of nitrogens with zero attached hydrogens (tertiary/aromatic N) is 3. The van der Waals surface area contributed by atoms with Crippen LogP contribution in [0.15, 0.2) is 40.6 Å². The number of benzene rings is 2. The average Bonchev–Trinajstić information content (AvgIpc) is 2.77. The highest BCUT2D eigenvalue weighted by Gasteiger charge is 2.25. The predicted octanol–water partition coefficient (Wildman–Crippen LogP) is 4.41. The third kappa shape index (κ3) is 3.24. The lowest BCUT2D eigenvalue weighted by Gasteiger charge is -2.18. The number of nitro benzene ring substituents is 1. The van der Waals surface area contributed by atoms with Crippen molar-refractivity contribution in [1.82, 2.24) is 0 Å². The zero-order valence-electron chi connectivity index (χ0n) is 15.2. The molecule has 136 valence electrons. The molecule has 0 spiro atoms. The van der Waals surface area contributed by atoms with Crippen LogP contribution in [-0.4, -0.2) is 25.2 Å². The van der Waals surface area contributed by atoms with Crippen LogP contribution in [0, 0.1) is 17.0 Å². The molecule has 0 radical (unpaired) electrons. The molecular weight excluding hydrogens is 334 g/mol. The minimum Gasteiger partial charge on any atom is -0.493 e. The second kappa shape index (κ2) is 7.11. The maximum absolute atomic E-state index is 11.1. The molecule has 1 heterocycles. The molecular formula is C19H21N3O4. The number of ether oxygens (including phenoxy) is 2. The van der Waals surface area contributed by atoms with Crippen LogP contribution in [0.5, 0.6) is 11.5 Å². The van der Waals surface area contributed by atoms with E-state index in [4.69, 9.17) is 9.47 Å². The highest BCUT2D eigenvalue weighted by molar-refractivity contribution is 5.52. The maximum Gasteiger partial charge on any atom is 0.272 e. The van der Waals surface area contributed by atoms with Gasteiger partial charge in [-0.05, 0) is 61.2 Å². The standard InChI is InChI=1S/C19H21N3O4/c1-11-7-13(5-6-16(11)22(23)24)19-15-10-18(26-4)17(25-3)9-14(15)8-12(2)20-21-19/h5-7,9-10,12,19H,8H2,1-4H3/t12-,19?/m1/s1. The van der Waals surface area contributed by atoms with Crippen LogP contribution in [0.2, 0.25) is 0 Å². The number of hydrogen-bond acceptors (Lipinski definition) is 6. The lowest BCUT2D eigenvalue weighted by Crippen LogP contribution is -2.06. The van der Waals surface area contributed by atoms with Crippen LogP contribution in [-0.2, 0) is 6.42 Å².